The summed E-state index contributed by atoms with van der Waals surface area (Å²) in [5.41, 5.74) is 21.0. The number of primary amides is 1. The van der Waals surface area contributed by atoms with Crippen LogP contribution in [0.5, 0.6) is 0 Å². The molecule has 5 aromatic rings. The van der Waals surface area contributed by atoms with Gasteiger partial charge in [-0.1, -0.05) is 12.1 Å². The van der Waals surface area contributed by atoms with E-state index in [1.807, 2.05) is 64.5 Å². The minimum atomic E-state index is -0.469. The lowest BCUT2D eigenvalue weighted by molar-refractivity contribution is 0.100. The van der Waals surface area contributed by atoms with Crippen molar-refractivity contribution in [3.05, 3.63) is 76.9 Å². The molecule has 0 saturated carbocycles. The van der Waals surface area contributed by atoms with E-state index < -0.39 is 11.4 Å². The van der Waals surface area contributed by atoms with E-state index in [1.54, 1.807) is 10.6 Å². The zero-order valence-corrected chi connectivity index (χ0v) is 28.3. The Morgan fingerprint density at radius 2 is 1.85 bits per heavy atom. The fourth-order valence-corrected chi connectivity index (χ4v) is 8.00. The summed E-state index contributed by atoms with van der Waals surface area (Å²) in [6.45, 7) is 6.05. The van der Waals surface area contributed by atoms with Crippen LogP contribution in [0.2, 0.25) is 0 Å². The van der Waals surface area contributed by atoms with Gasteiger partial charge in [0.1, 0.15) is 11.6 Å². The predicted octanol–water partition coefficient (Wildman–Crippen LogP) is 4.16. The first-order valence-electron chi connectivity index (χ1n) is 16.5. The second-order valence-corrected chi connectivity index (χ2v) is 14.0. The lowest BCUT2D eigenvalue weighted by Gasteiger charge is -2.44. The molecule has 2 saturated heterocycles. The molecule has 0 spiro atoms. The minimum absolute atomic E-state index is 0.301. The summed E-state index contributed by atoms with van der Waals surface area (Å²) in [6.07, 6.45) is 12.0. The van der Waals surface area contributed by atoms with E-state index in [4.69, 9.17) is 21.5 Å². The Morgan fingerprint density at radius 3 is 2.62 bits per heavy atom. The minimum Gasteiger partial charge on any atom is -0.384 e. The van der Waals surface area contributed by atoms with Crippen LogP contribution in [0.3, 0.4) is 0 Å². The SMILES string of the molecule is CC1(C2CCCNC2)Nc2c(-c3cccc(C(N)=O)c3)cnn2C(Nn2ccc(-c3cnn4c(N)cc(C5CCCNC5)nc34)c2)=C1Br. The molecule has 0 aliphatic carbocycles. The van der Waals surface area contributed by atoms with Crippen LogP contribution >= 0.6 is 15.9 Å². The summed E-state index contributed by atoms with van der Waals surface area (Å²) in [7, 11) is 0. The number of amides is 1. The Hall–Kier alpha value is -4.66. The molecule has 3 aliphatic heterocycles. The Labute approximate surface area is 286 Å². The number of benzene rings is 1. The van der Waals surface area contributed by atoms with Crippen LogP contribution in [0.25, 0.3) is 33.7 Å². The van der Waals surface area contributed by atoms with Crippen molar-refractivity contribution >= 4 is 44.9 Å². The number of carbonyl (C=O) groups is 1. The Kier molecular flexibility index (Phi) is 7.73. The standard InChI is InChI=1S/C34H39BrN12O/c1-34(24-8-4-11-39-16-24)29(35)33(47-32(43-34)25(17-41-47)20-5-2-6-21(13-20)30(37)48)44-45-12-9-23(19-45)26-18-40-46-28(36)14-27(42-31(26)46)22-7-3-10-38-15-22/h2,5-6,9,12-14,17-19,22,24,38-39,43-44H,3-4,7-8,10-11,15-16,36H2,1H3,(H2,37,48). The van der Waals surface area contributed by atoms with Gasteiger partial charge in [0.2, 0.25) is 5.91 Å². The van der Waals surface area contributed by atoms with Gasteiger partial charge >= 0.3 is 0 Å². The number of carbonyl (C=O) groups excluding carboxylic acids is 1. The quantitative estimate of drug-likeness (QED) is 0.145. The topological polar surface area (TPSA) is 170 Å². The first kappa shape index (κ1) is 30.7. The van der Waals surface area contributed by atoms with Gasteiger partial charge in [-0.05, 0) is 91.3 Å². The van der Waals surface area contributed by atoms with Gasteiger partial charge < -0.3 is 27.4 Å². The largest absolute Gasteiger partial charge is 0.384 e. The molecule has 3 aliphatic rings. The summed E-state index contributed by atoms with van der Waals surface area (Å²) in [5.74, 6) is 2.34. The van der Waals surface area contributed by atoms with E-state index in [0.29, 0.717) is 23.2 Å². The molecule has 3 atom stereocenters. The molecule has 13 nitrogen and oxygen atoms in total. The summed E-state index contributed by atoms with van der Waals surface area (Å²) >= 11 is 4.02. The molecule has 2 fully saturated rings. The number of nitrogen functional groups attached to an aromatic ring is 1. The number of halogens is 1. The molecular weight excluding hydrogens is 672 g/mol. The second-order valence-electron chi connectivity index (χ2n) is 13.2. The van der Waals surface area contributed by atoms with Gasteiger partial charge in [0.15, 0.2) is 11.5 Å². The van der Waals surface area contributed by atoms with Crippen molar-refractivity contribution in [3.8, 4) is 22.3 Å². The molecule has 14 heteroatoms. The maximum Gasteiger partial charge on any atom is 0.248 e. The van der Waals surface area contributed by atoms with Gasteiger partial charge in [-0.25, -0.2) is 4.98 Å². The molecular formula is C34H39BrN12O. The van der Waals surface area contributed by atoms with E-state index >= 15 is 0 Å². The van der Waals surface area contributed by atoms with Crippen LogP contribution in [0.4, 0.5) is 11.6 Å². The first-order chi connectivity index (χ1) is 23.3. The number of piperidine rings is 2. The number of fused-ring (bicyclic) bond motifs is 2. The molecule has 0 bridgehead atoms. The van der Waals surface area contributed by atoms with Crippen molar-refractivity contribution in [2.24, 2.45) is 11.7 Å². The van der Waals surface area contributed by atoms with Crippen LogP contribution in [-0.4, -0.2) is 66.7 Å². The highest BCUT2D eigenvalue weighted by atomic mass is 79.9. The Bertz CT molecular complexity index is 2050. The third-order valence-electron chi connectivity index (χ3n) is 10.1. The number of rotatable bonds is 7. The smallest absolute Gasteiger partial charge is 0.248 e. The van der Waals surface area contributed by atoms with Crippen LogP contribution in [0, 0.1) is 5.92 Å². The van der Waals surface area contributed by atoms with Crippen molar-refractivity contribution in [1.82, 2.24) is 39.7 Å². The van der Waals surface area contributed by atoms with E-state index in [-0.39, 0.29) is 0 Å². The van der Waals surface area contributed by atoms with Gasteiger partial charge in [-0.15, -0.1) is 0 Å². The maximum atomic E-state index is 12.0. The van der Waals surface area contributed by atoms with Gasteiger partial charge in [0.25, 0.3) is 0 Å². The summed E-state index contributed by atoms with van der Waals surface area (Å²) < 4.78 is 6.47. The Balaban J connectivity index is 1.17. The van der Waals surface area contributed by atoms with Gasteiger partial charge in [-0.2, -0.15) is 19.4 Å². The fraction of sp³-hybridized carbons (Fsp3) is 0.353. The number of nitrogens with two attached hydrogens (primary N) is 2. The fourth-order valence-electron chi connectivity index (χ4n) is 7.32. The molecule has 8 N–H and O–H groups in total. The summed E-state index contributed by atoms with van der Waals surface area (Å²) in [5, 5.41) is 20.3. The molecule has 248 valence electrons. The molecule has 1 aromatic carbocycles. The molecule has 0 radical (unpaired) electrons. The van der Waals surface area contributed by atoms with Crippen LogP contribution in [0.1, 0.15) is 54.6 Å². The average molecular weight is 712 g/mol. The molecule has 1 amide bonds. The molecule has 8 rings (SSSR count). The number of hydrogen-bond acceptors (Lipinski definition) is 9. The number of nitrogens with one attached hydrogen (secondary N) is 4. The second kappa shape index (κ2) is 12.1. The van der Waals surface area contributed by atoms with Crippen molar-refractivity contribution in [1.29, 1.82) is 0 Å². The third kappa shape index (κ3) is 5.24. The van der Waals surface area contributed by atoms with E-state index in [9.17, 15) is 4.79 Å². The van der Waals surface area contributed by atoms with E-state index in [1.165, 1.54) is 0 Å². The summed E-state index contributed by atoms with van der Waals surface area (Å²) in [6, 6.07) is 11.3. The molecule has 48 heavy (non-hydrogen) atoms. The zero-order valence-electron chi connectivity index (χ0n) is 26.7. The summed E-state index contributed by atoms with van der Waals surface area (Å²) in [4.78, 5) is 17.1. The highest BCUT2D eigenvalue weighted by Crippen LogP contribution is 2.46. The normalized spacial score (nSPS) is 22.8. The van der Waals surface area contributed by atoms with E-state index in [2.05, 4.69) is 49.3 Å². The molecule has 4 aromatic heterocycles. The molecule has 3 unspecified atom stereocenters. The van der Waals surface area contributed by atoms with Crippen LogP contribution < -0.4 is 32.8 Å². The van der Waals surface area contributed by atoms with Crippen LogP contribution in [0.15, 0.2) is 65.7 Å². The number of hydrogen-bond donors (Lipinski definition) is 6. The van der Waals surface area contributed by atoms with Crippen molar-refractivity contribution < 1.29 is 4.79 Å². The van der Waals surface area contributed by atoms with Crippen molar-refractivity contribution in [2.45, 2.75) is 44.1 Å². The third-order valence-corrected chi connectivity index (χ3v) is 11.3. The number of nitrogens with zero attached hydrogens (tertiary/aromatic N) is 6. The highest BCUT2D eigenvalue weighted by Gasteiger charge is 2.44. The number of aromatic nitrogens is 6. The van der Waals surface area contributed by atoms with Crippen molar-refractivity contribution in [3.63, 3.8) is 0 Å². The maximum absolute atomic E-state index is 12.0. The van der Waals surface area contributed by atoms with Crippen molar-refractivity contribution in [2.75, 3.05) is 42.7 Å². The van der Waals surface area contributed by atoms with Gasteiger partial charge in [0, 0.05) is 59.7 Å². The highest BCUT2D eigenvalue weighted by molar-refractivity contribution is 9.12. The lowest BCUT2D eigenvalue weighted by Crippen LogP contribution is -2.52. The van der Waals surface area contributed by atoms with E-state index in [0.717, 1.165) is 102 Å². The molecule has 7 heterocycles. The average Bonchev–Trinajstić information content (AvgIpc) is 3.86. The monoisotopic (exact) mass is 710 g/mol. The van der Waals surface area contributed by atoms with Gasteiger partial charge in [0.05, 0.1) is 28.1 Å². The first-order valence-corrected chi connectivity index (χ1v) is 17.3. The predicted molar refractivity (Wildman–Crippen MR) is 191 cm³/mol. The zero-order chi connectivity index (χ0) is 33.0. The van der Waals surface area contributed by atoms with Gasteiger partial charge in [-0.3, -0.25) is 14.9 Å². The van der Waals surface area contributed by atoms with Crippen LogP contribution in [-0.2, 0) is 0 Å². The Morgan fingerprint density at radius 1 is 1.04 bits per heavy atom. The number of anilines is 2. The lowest BCUT2D eigenvalue weighted by atomic mass is 9.79.